The monoisotopic (exact) mass is 874 g/mol. The van der Waals surface area contributed by atoms with Gasteiger partial charge < -0.3 is 9.80 Å². The van der Waals surface area contributed by atoms with Gasteiger partial charge in [0.1, 0.15) is 0 Å². The summed E-state index contributed by atoms with van der Waals surface area (Å²) in [6.07, 6.45) is 0. The Morgan fingerprint density at radius 2 is 0.970 bits per heavy atom. The number of fused-ring (bicyclic) bond motifs is 16. The SMILES string of the molecule is CC(C)c1cccc(C(C)C)c1-c1ccc2c(c1)N(c1ccccc1)c1cccc3c1B2c1sc2cc4c(cc2c1N3c1ccccc1)-c1ccccc1C41c2ccccc2-c2ccccc21. The second-order valence-corrected chi connectivity index (χ2v) is 20.6. The van der Waals surface area contributed by atoms with E-state index in [1.807, 2.05) is 11.3 Å². The number of benzene rings is 9. The van der Waals surface area contributed by atoms with Crippen LogP contribution in [0.25, 0.3) is 43.5 Å². The Morgan fingerprint density at radius 3 is 1.57 bits per heavy atom. The lowest BCUT2D eigenvalue weighted by atomic mass is 9.36. The van der Waals surface area contributed by atoms with E-state index in [9.17, 15) is 0 Å². The smallest absolute Gasteiger partial charge is 0.264 e. The predicted octanol–water partition coefficient (Wildman–Crippen LogP) is 15.2. The van der Waals surface area contributed by atoms with Gasteiger partial charge in [-0.15, -0.1) is 11.3 Å². The maximum atomic E-state index is 2.60. The van der Waals surface area contributed by atoms with Crippen molar-refractivity contribution in [3.63, 3.8) is 0 Å². The van der Waals surface area contributed by atoms with Crippen LogP contribution in [-0.2, 0) is 5.41 Å². The fourth-order valence-electron chi connectivity index (χ4n) is 12.7. The summed E-state index contributed by atoms with van der Waals surface area (Å²) < 4.78 is 2.72. The first kappa shape index (κ1) is 38.8. The second kappa shape index (κ2) is 14.3. The molecule has 0 amide bonds. The molecule has 67 heavy (non-hydrogen) atoms. The molecule has 4 heteroatoms. The van der Waals surface area contributed by atoms with Crippen LogP contribution in [0.4, 0.5) is 34.1 Å². The van der Waals surface area contributed by atoms with E-state index in [2.05, 4.69) is 238 Å². The molecule has 14 rings (SSSR count). The zero-order chi connectivity index (χ0) is 44.7. The highest BCUT2D eigenvalue weighted by Crippen LogP contribution is 2.64. The first-order chi connectivity index (χ1) is 32.9. The topological polar surface area (TPSA) is 6.48 Å². The zero-order valence-electron chi connectivity index (χ0n) is 38.1. The standard InChI is InChI=1S/C63H47BN2S/c1-38(2)43-26-17-27-44(39(3)4)59(43)40-33-34-54-57(35-40)65(41-19-7-5-8-20-41)55-31-18-32-56-60(55)64(54)62-61(66(56)42-21-9-6-10-22-42)49-36-48-47-25-13-16-30-52(47)63(53(48)37-58(49)67-62)50-28-14-11-23-45(50)46-24-12-15-29-51(46)63/h5-39H,1-4H3. The molecule has 10 aromatic rings. The van der Waals surface area contributed by atoms with Gasteiger partial charge in [0.25, 0.3) is 6.71 Å². The molecule has 318 valence electrons. The Morgan fingerprint density at radius 1 is 0.448 bits per heavy atom. The Labute approximate surface area is 397 Å². The Balaban J connectivity index is 1.08. The van der Waals surface area contributed by atoms with Crippen LogP contribution in [0.2, 0.25) is 0 Å². The van der Waals surface area contributed by atoms with E-state index < -0.39 is 5.41 Å². The molecule has 0 saturated carbocycles. The Kier molecular flexibility index (Phi) is 8.29. The van der Waals surface area contributed by atoms with Crippen molar-refractivity contribution in [3.8, 4) is 33.4 Å². The number of para-hydroxylation sites is 2. The van der Waals surface area contributed by atoms with E-state index in [4.69, 9.17) is 0 Å². The minimum absolute atomic E-state index is 0.0245. The van der Waals surface area contributed by atoms with Gasteiger partial charge in [-0.3, -0.25) is 0 Å². The van der Waals surface area contributed by atoms with Crippen LogP contribution >= 0.6 is 11.3 Å². The number of hydrogen-bond donors (Lipinski definition) is 0. The molecule has 0 atom stereocenters. The van der Waals surface area contributed by atoms with E-state index in [1.165, 1.54) is 127 Å². The van der Waals surface area contributed by atoms with Crippen LogP contribution < -0.4 is 25.5 Å². The average molecular weight is 875 g/mol. The lowest BCUT2D eigenvalue weighted by Crippen LogP contribution is -2.60. The van der Waals surface area contributed by atoms with Crippen molar-refractivity contribution in [2.45, 2.75) is 44.9 Å². The van der Waals surface area contributed by atoms with Crippen LogP contribution in [0.5, 0.6) is 0 Å². The van der Waals surface area contributed by atoms with Crippen LogP contribution in [0.3, 0.4) is 0 Å². The van der Waals surface area contributed by atoms with Crippen molar-refractivity contribution in [2.24, 2.45) is 0 Å². The first-order valence-corrected chi connectivity index (χ1v) is 24.8. The molecule has 9 aromatic carbocycles. The average Bonchev–Trinajstić information content (AvgIpc) is 3.99. The highest BCUT2D eigenvalue weighted by atomic mass is 32.1. The molecule has 0 fully saturated rings. The van der Waals surface area contributed by atoms with Crippen LogP contribution in [-0.4, -0.2) is 6.71 Å². The van der Waals surface area contributed by atoms with Gasteiger partial charge in [-0.05, 0) is 144 Å². The minimum Gasteiger partial charge on any atom is -0.311 e. The molecular formula is C63H47BN2S. The molecular weight excluding hydrogens is 828 g/mol. The van der Waals surface area contributed by atoms with Crippen LogP contribution in [0.15, 0.2) is 200 Å². The van der Waals surface area contributed by atoms with Crippen molar-refractivity contribution in [1.82, 2.24) is 0 Å². The molecule has 4 aliphatic rings. The first-order valence-electron chi connectivity index (χ1n) is 23.9. The third-order valence-corrected chi connectivity index (χ3v) is 16.6. The zero-order valence-corrected chi connectivity index (χ0v) is 38.9. The summed E-state index contributed by atoms with van der Waals surface area (Å²) >= 11 is 2.00. The molecule has 1 aromatic heterocycles. The summed E-state index contributed by atoms with van der Waals surface area (Å²) in [4.78, 5) is 5.13. The number of hydrogen-bond acceptors (Lipinski definition) is 3. The van der Waals surface area contributed by atoms with Gasteiger partial charge in [-0.25, -0.2) is 0 Å². The van der Waals surface area contributed by atoms with Gasteiger partial charge in [-0.2, -0.15) is 0 Å². The number of thiophene rings is 1. The maximum absolute atomic E-state index is 2.60. The summed E-state index contributed by atoms with van der Waals surface area (Å²) in [5.41, 5.74) is 26.0. The summed E-state index contributed by atoms with van der Waals surface area (Å²) in [5.74, 6) is 0.779. The number of rotatable bonds is 5. The van der Waals surface area contributed by atoms with Gasteiger partial charge in [0.05, 0.1) is 11.1 Å². The fraction of sp³-hybridized carbons (Fsp3) is 0.111. The summed E-state index contributed by atoms with van der Waals surface area (Å²) in [6.45, 7) is 9.36. The van der Waals surface area contributed by atoms with Gasteiger partial charge in [-0.1, -0.05) is 173 Å². The molecule has 0 radical (unpaired) electrons. The summed E-state index contributed by atoms with van der Waals surface area (Å²) in [7, 11) is 0. The highest BCUT2D eigenvalue weighted by molar-refractivity contribution is 7.33. The van der Waals surface area contributed by atoms with E-state index in [0.29, 0.717) is 11.8 Å². The quantitative estimate of drug-likeness (QED) is 0.159. The van der Waals surface area contributed by atoms with Gasteiger partial charge >= 0.3 is 0 Å². The maximum Gasteiger partial charge on any atom is 0.264 e. The Hall–Kier alpha value is -7.40. The highest BCUT2D eigenvalue weighted by Gasteiger charge is 2.52. The second-order valence-electron chi connectivity index (χ2n) is 19.5. The lowest BCUT2D eigenvalue weighted by molar-refractivity contribution is 0.795. The van der Waals surface area contributed by atoms with E-state index in [0.717, 1.165) is 0 Å². The van der Waals surface area contributed by atoms with Crippen molar-refractivity contribution in [2.75, 3.05) is 9.80 Å². The summed E-state index contributed by atoms with van der Waals surface area (Å²) in [6, 6.07) is 76.2. The third kappa shape index (κ3) is 5.17. The van der Waals surface area contributed by atoms with Crippen molar-refractivity contribution in [1.29, 1.82) is 0 Å². The van der Waals surface area contributed by atoms with Crippen molar-refractivity contribution < 1.29 is 0 Å². The largest absolute Gasteiger partial charge is 0.311 e. The molecule has 2 nitrogen and oxygen atoms in total. The van der Waals surface area contributed by atoms with Gasteiger partial charge in [0, 0.05) is 43.3 Å². The minimum atomic E-state index is -0.405. The molecule has 1 spiro atoms. The number of nitrogens with zero attached hydrogens (tertiary/aromatic N) is 2. The van der Waals surface area contributed by atoms with E-state index >= 15 is 0 Å². The number of anilines is 6. The molecule has 0 unspecified atom stereocenters. The molecule has 0 saturated heterocycles. The molecule has 2 aliphatic carbocycles. The third-order valence-electron chi connectivity index (χ3n) is 15.4. The van der Waals surface area contributed by atoms with E-state index in [1.54, 1.807) is 0 Å². The van der Waals surface area contributed by atoms with Crippen LogP contribution in [0, 0.1) is 0 Å². The van der Waals surface area contributed by atoms with Crippen molar-refractivity contribution >= 4 is 78.0 Å². The molecule has 3 heterocycles. The van der Waals surface area contributed by atoms with E-state index in [-0.39, 0.29) is 6.71 Å². The molecule has 2 aliphatic heterocycles. The predicted molar refractivity (Wildman–Crippen MR) is 286 cm³/mol. The van der Waals surface area contributed by atoms with Crippen LogP contribution in [0.1, 0.15) is 72.9 Å². The fourth-order valence-corrected chi connectivity index (χ4v) is 14.1. The normalized spacial score (nSPS) is 14.3. The van der Waals surface area contributed by atoms with Gasteiger partial charge in [0.2, 0.25) is 0 Å². The Bertz CT molecular complexity index is 3610. The van der Waals surface area contributed by atoms with Crippen molar-refractivity contribution in [3.05, 3.63) is 234 Å². The van der Waals surface area contributed by atoms with Gasteiger partial charge in [0.15, 0.2) is 0 Å². The molecule has 0 N–H and O–H groups in total. The molecule has 0 bridgehead atoms. The summed E-state index contributed by atoms with van der Waals surface area (Å²) in [5, 5.41) is 1.31. The lowest BCUT2D eigenvalue weighted by Gasteiger charge is -2.43.